The first-order chi connectivity index (χ1) is 8.45. The zero-order valence-electron chi connectivity index (χ0n) is 10.2. The maximum absolute atomic E-state index is 11.8. The molecule has 0 unspecified atom stereocenters. The van der Waals surface area contributed by atoms with Gasteiger partial charge in [-0.25, -0.2) is 0 Å². The Morgan fingerprint density at radius 2 is 2.00 bits per heavy atom. The van der Waals surface area contributed by atoms with Crippen LogP contribution in [0, 0.1) is 6.92 Å². The number of amides is 2. The highest BCUT2D eigenvalue weighted by atomic mass is 79.9. The molecule has 0 saturated heterocycles. The van der Waals surface area contributed by atoms with Crippen LogP contribution in [0.1, 0.15) is 22.8 Å². The number of nitrogens with one attached hydrogen (secondary N) is 2. The minimum atomic E-state index is -0.483. The van der Waals surface area contributed by atoms with Crippen molar-refractivity contribution < 1.29 is 14.7 Å². The van der Waals surface area contributed by atoms with Gasteiger partial charge in [0.1, 0.15) is 5.75 Å². The minimum Gasteiger partial charge on any atom is -0.506 e. The molecule has 0 aliphatic carbocycles. The fourth-order valence-corrected chi connectivity index (χ4v) is 2.00. The van der Waals surface area contributed by atoms with Crippen molar-refractivity contribution in [3.63, 3.8) is 0 Å². The van der Waals surface area contributed by atoms with Gasteiger partial charge in [-0.1, -0.05) is 0 Å². The molecule has 0 aliphatic rings. The van der Waals surface area contributed by atoms with E-state index in [1.165, 1.54) is 0 Å². The molecule has 0 radical (unpaired) electrons. The Hall–Kier alpha value is -1.56. The Kier molecular flexibility index (Phi) is 5.15. The van der Waals surface area contributed by atoms with Gasteiger partial charge in [0.15, 0.2) is 0 Å². The molecular formula is C12H15BrN2O3. The molecule has 1 aromatic rings. The summed E-state index contributed by atoms with van der Waals surface area (Å²) >= 11 is 3.16. The van der Waals surface area contributed by atoms with E-state index >= 15 is 0 Å². The van der Waals surface area contributed by atoms with E-state index in [-0.39, 0.29) is 23.8 Å². The molecule has 18 heavy (non-hydrogen) atoms. The zero-order chi connectivity index (χ0) is 13.7. The summed E-state index contributed by atoms with van der Waals surface area (Å²) in [5.74, 6) is -0.880. The fraction of sp³-hybridized carbons (Fsp3) is 0.333. The van der Waals surface area contributed by atoms with Gasteiger partial charge < -0.3 is 15.7 Å². The molecule has 0 aromatic heterocycles. The predicted molar refractivity (Wildman–Crippen MR) is 71.6 cm³/mol. The Balaban J connectivity index is 2.76. The van der Waals surface area contributed by atoms with E-state index in [1.807, 2.05) is 6.92 Å². The Morgan fingerprint density at radius 1 is 1.33 bits per heavy atom. The average Bonchev–Trinajstić information content (AvgIpc) is 2.31. The van der Waals surface area contributed by atoms with Gasteiger partial charge >= 0.3 is 0 Å². The third kappa shape index (κ3) is 3.73. The van der Waals surface area contributed by atoms with Crippen molar-refractivity contribution >= 4 is 27.7 Å². The lowest BCUT2D eigenvalue weighted by Crippen LogP contribution is -2.36. The third-order valence-electron chi connectivity index (χ3n) is 2.24. The van der Waals surface area contributed by atoms with Crippen LogP contribution in [0.5, 0.6) is 5.75 Å². The smallest absolute Gasteiger partial charge is 0.255 e. The summed E-state index contributed by atoms with van der Waals surface area (Å²) in [6, 6.07) is 3.27. The highest BCUT2D eigenvalue weighted by Gasteiger charge is 2.15. The third-order valence-corrected chi connectivity index (χ3v) is 2.84. The van der Waals surface area contributed by atoms with Crippen molar-refractivity contribution in [2.75, 3.05) is 13.1 Å². The van der Waals surface area contributed by atoms with Crippen molar-refractivity contribution in [2.45, 2.75) is 13.8 Å². The summed E-state index contributed by atoms with van der Waals surface area (Å²) in [7, 11) is 0. The first-order valence-corrected chi connectivity index (χ1v) is 6.29. The number of benzene rings is 1. The van der Waals surface area contributed by atoms with E-state index in [0.717, 1.165) is 5.56 Å². The summed E-state index contributed by atoms with van der Waals surface area (Å²) < 4.78 is 0.450. The number of aryl methyl sites for hydroxylation is 1. The molecule has 1 rings (SSSR count). The van der Waals surface area contributed by atoms with Gasteiger partial charge in [-0.2, -0.15) is 0 Å². The summed E-state index contributed by atoms with van der Waals surface area (Å²) in [5, 5.41) is 14.8. The molecule has 0 heterocycles. The Morgan fingerprint density at radius 3 is 2.61 bits per heavy atom. The van der Waals surface area contributed by atoms with Crippen molar-refractivity contribution in [2.24, 2.45) is 0 Å². The second-order valence-corrected chi connectivity index (χ2v) is 4.63. The van der Waals surface area contributed by atoms with Gasteiger partial charge in [-0.15, -0.1) is 0 Å². The van der Waals surface area contributed by atoms with Gasteiger partial charge in [0.2, 0.25) is 5.91 Å². The van der Waals surface area contributed by atoms with Crippen LogP contribution in [0.4, 0.5) is 0 Å². The Labute approximate surface area is 114 Å². The van der Waals surface area contributed by atoms with Gasteiger partial charge in [0, 0.05) is 6.54 Å². The highest BCUT2D eigenvalue weighted by molar-refractivity contribution is 9.10. The highest BCUT2D eigenvalue weighted by Crippen LogP contribution is 2.29. The van der Waals surface area contributed by atoms with Crippen molar-refractivity contribution in [3.8, 4) is 5.75 Å². The lowest BCUT2D eigenvalue weighted by Gasteiger charge is -2.09. The molecule has 6 heteroatoms. The maximum atomic E-state index is 11.8. The van der Waals surface area contributed by atoms with Gasteiger partial charge in [-0.3, -0.25) is 9.59 Å². The molecule has 98 valence electrons. The number of carbonyl (C=O) groups excluding carboxylic acids is 2. The first-order valence-electron chi connectivity index (χ1n) is 5.49. The molecule has 0 fully saturated rings. The summed E-state index contributed by atoms with van der Waals surface area (Å²) in [6.07, 6.45) is 0. The predicted octanol–water partition coefficient (Wildman–Crippen LogP) is 1.33. The number of phenolic OH excluding ortho intramolecular Hbond substituents is 1. The lowest BCUT2D eigenvalue weighted by molar-refractivity contribution is -0.120. The van der Waals surface area contributed by atoms with Crippen LogP contribution in [0.15, 0.2) is 16.6 Å². The molecule has 3 N–H and O–H groups in total. The minimum absolute atomic E-state index is 0.113. The molecule has 2 amide bonds. The molecule has 0 atom stereocenters. The number of likely N-dealkylation sites (N-methyl/N-ethyl adjacent to an activating group) is 1. The van der Waals surface area contributed by atoms with Crippen LogP contribution in [-0.2, 0) is 4.79 Å². The van der Waals surface area contributed by atoms with E-state index < -0.39 is 5.91 Å². The van der Waals surface area contributed by atoms with Crippen LogP contribution in [0.3, 0.4) is 0 Å². The maximum Gasteiger partial charge on any atom is 0.255 e. The number of aromatic hydroxyl groups is 1. The standard InChI is InChI=1S/C12H15BrN2O3/c1-3-14-10(16)6-15-12(18)8-4-7(2)5-9(13)11(8)17/h4-5,17H,3,6H2,1-2H3,(H,14,16)(H,15,18). The van der Waals surface area contributed by atoms with E-state index in [2.05, 4.69) is 26.6 Å². The average molecular weight is 315 g/mol. The number of halogens is 1. The van der Waals surface area contributed by atoms with Crippen LogP contribution in [0.25, 0.3) is 0 Å². The van der Waals surface area contributed by atoms with Gasteiger partial charge in [0.25, 0.3) is 5.91 Å². The van der Waals surface area contributed by atoms with Crippen LogP contribution in [0.2, 0.25) is 0 Å². The quantitative estimate of drug-likeness (QED) is 0.784. The number of hydrogen-bond donors (Lipinski definition) is 3. The van der Waals surface area contributed by atoms with E-state index in [0.29, 0.717) is 11.0 Å². The summed E-state index contributed by atoms with van der Waals surface area (Å²) in [5.41, 5.74) is 0.981. The Bertz CT molecular complexity index is 475. The number of phenols is 1. The van der Waals surface area contributed by atoms with Crippen molar-refractivity contribution in [1.29, 1.82) is 0 Å². The van der Waals surface area contributed by atoms with Crippen LogP contribution >= 0.6 is 15.9 Å². The normalized spacial score (nSPS) is 9.94. The van der Waals surface area contributed by atoms with E-state index in [1.54, 1.807) is 19.1 Å². The molecule has 0 saturated carbocycles. The molecule has 5 nitrogen and oxygen atoms in total. The summed E-state index contributed by atoms with van der Waals surface area (Å²) in [6.45, 7) is 4.00. The second-order valence-electron chi connectivity index (χ2n) is 3.78. The number of rotatable bonds is 4. The molecule has 1 aromatic carbocycles. The first kappa shape index (κ1) is 14.5. The SMILES string of the molecule is CCNC(=O)CNC(=O)c1cc(C)cc(Br)c1O. The molecule has 0 bridgehead atoms. The monoisotopic (exact) mass is 314 g/mol. The molecule has 0 aliphatic heterocycles. The second kappa shape index (κ2) is 6.39. The molecule has 0 spiro atoms. The largest absolute Gasteiger partial charge is 0.506 e. The van der Waals surface area contributed by atoms with Gasteiger partial charge in [0.05, 0.1) is 16.6 Å². The number of carbonyl (C=O) groups is 2. The van der Waals surface area contributed by atoms with E-state index in [9.17, 15) is 14.7 Å². The van der Waals surface area contributed by atoms with E-state index in [4.69, 9.17) is 0 Å². The number of hydrogen-bond acceptors (Lipinski definition) is 3. The van der Waals surface area contributed by atoms with Crippen molar-refractivity contribution in [1.82, 2.24) is 10.6 Å². The topological polar surface area (TPSA) is 78.4 Å². The van der Waals surface area contributed by atoms with Crippen LogP contribution in [-0.4, -0.2) is 30.0 Å². The lowest BCUT2D eigenvalue weighted by atomic mass is 10.1. The van der Waals surface area contributed by atoms with Gasteiger partial charge in [-0.05, 0) is 47.5 Å². The van der Waals surface area contributed by atoms with Crippen LogP contribution < -0.4 is 10.6 Å². The zero-order valence-corrected chi connectivity index (χ0v) is 11.8. The summed E-state index contributed by atoms with van der Waals surface area (Å²) in [4.78, 5) is 23.0. The van der Waals surface area contributed by atoms with Crippen molar-refractivity contribution in [3.05, 3.63) is 27.7 Å². The fourth-order valence-electron chi connectivity index (χ4n) is 1.42. The molecular weight excluding hydrogens is 300 g/mol.